The number of aliphatic carboxylic acids is 2. The predicted molar refractivity (Wildman–Crippen MR) is 65.8 cm³/mol. The summed E-state index contributed by atoms with van der Waals surface area (Å²) in [6.07, 6.45) is 0.629. The fraction of sp³-hybridized carbons (Fsp3) is 0.846. The van der Waals surface area contributed by atoms with E-state index in [1.54, 1.807) is 20.8 Å². The zero-order chi connectivity index (χ0) is 14.0. The molecule has 2 N–H and O–H groups in total. The molecule has 0 amide bonds. The lowest BCUT2D eigenvalue weighted by atomic mass is 9.62. The maximum absolute atomic E-state index is 11.4. The smallest absolute Gasteiger partial charge is 0.307 e. The van der Waals surface area contributed by atoms with Crippen molar-refractivity contribution >= 4 is 11.9 Å². The van der Waals surface area contributed by atoms with Gasteiger partial charge in [-0.15, -0.1) is 0 Å². The lowest BCUT2D eigenvalue weighted by molar-refractivity contribution is -0.164. The molecule has 2 unspecified atom stereocenters. The van der Waals surface area contributed by atoms with E-state index in [0.29, 0.717) is 6.42 Å². The van der Waals surface area contributed by atoms with Crippen LogP contribution in [0.1, 0.15) is 48.0 Å². The summed E-state index contributed by atoms with van der Waals surface area (Å²) >= 11 is 0. The molecule has 0 aromatic heterocycles. The molecule has 0 aromatic rings. The second-order valence-corrected chi connectivity index (χ2v) is 6.34. The molecule has 0 saturated heterocycles. The topological polar surface area (TPSA) is 74.6 Å². The predicted octanol–water partition coefficient (Wildman–Crippen LogP) is 2.87. The molecule has 0 aromatic carbocycles. The van der Waals surface area contributed by atoms with Crippen molar-refractivity contribution < 1.29 is 19.8 Å². The lowest BCUT2D eigenvalue weighted by Gasteiger charge is -2.40. The molecule has 2 atom stereocenters. The van der Waals surface area contributed by atoms with Gasteiger partial charge in [-0.2, -0.15) is 0 Å². The largest absolute Gasteiger partial charge is 0.481 e. The second-order valence-electron chi connectivity index (χ2n) is 6.34. The molecular formula is C13H24O4. The fourth-order valence-corrected chi connectivity index (χ4v) is 2.16. The van der Waals surface area contributed by atoms with Crippen molar-refractivity contribution in [2.24, 2.45) is 22.7 Å². The monoisotopic (exact) mass is 244 g/mol. The van der Waals surface area contributed by atoms with Crippen LogP contribution in [0, 0.1) is 22.7 Å². The van der Waals surface area contributed by atoms with Gasteiger partial charge in [-0.1, -0.05) is 48.0 Å². The number of rotatable bonds is 5. The van der Waals surface area contributed by atoms with Crippen LogP contribution in [-0.4, -0.2) is 22.2 Å². The Labute approximate surface area is 103 Å². The van der Waals surface area contributed by atoms with Gasteiger partial charge in [0.15, 0.2) is 0 Å². The molecule has 100 valence electrons. The number of hydrogen-bond donors (Lipinski definition) is 2. The Bertz CT molecular complexity index is 299. The first-order valence-electron chi connectivity index (χ1n) is 5.90. The van der Waals surface area contributed by atoms with Crippen LogP contribution in [0.15, 0.2) is 0 Å². The summed E-state index contributed by atoms with van der Waals surface area (Å²) in [4.78, 5) is 22.8. The Hall–Kier alpha value is -1.06. The third-order valence-electron chi connectivity index (χ3n) is 3.55. The highest BCUT2D eigenvalue weighted by atomic mass is 16.4. The summed E-state index contributed by atoms with van der Waals surface area (Å²) in [5.41, 5.74) is -1.12. The molecule has 0 rings (SSSR count). The highest BCUT2D eigenvalue weighted by Crippen LogP contribution is 2.43. The molecule has 0 aliphatic carbocycles. The standard InChI is InChI=1S/C13H24O4/c1-7-13(5,6)9(11(16)17)8(10(14)15)12(2,3)4/h8-9H,7H2,1-6H3,(H,14,15)(H,16,17). The third kappa shape index (κ3) is 3.72. The van der Waals surface area contributed by atoms with Gasteiger partial charge in [0.05, 0.1) is 11.8 Å². The number of carboxylic acids is 2. The maximum Gasteiger partial charge on any atom is 0.307 e. The zero-order valence-corrected chi connectivity index (χ0v) is 11.6. The fourth-order valence-electron chi connectivity index (χ4n) is 2.16. The van der Waals surface area contributed by atoms with Crippen LogP contribution in [0.25, 0.3) is 0 Å². The minimum Gasteiger partial charge on any atom is -0.481 e. The molecule has 0 heterocycles. The molecule has 17 heavy (non-hydrogen) atoms. The van der Waals surface area contributed by atoms with Gasteiger partial charge in [0.1, 0.15) is 0 Å². The summed E-state index contributed by atoms with van der Waals surface area (Å²) in [5.74, 6) is -3.84. The highest BCUT2D eigenvalue weighted by Gasteiger charge is 2.48. The van der Waals surface area contributed by atoms with Crippen molar-refractivity contribution in [1.29, 1.82) is 0 Å². The van der Waals surface area contributed by atoms with Crippen LogP contribution >= 0.6 is 0 Å². The lowest BCUT2D eigenvalue weighted by Crippen LogP contribution is -2.45. The quantitative estimate of drug-likeness (QED) is 0.779. The Morgan fingerprint density at radius 3 is 1.47 bits per heavy atom. The number of carboxylic acid groups (broad SMARTS) is 2. The van der Waals surface area contributed by atoms with Gasteiger partial charge < -0.3 is 10.2 Å². The summed E-state index contributed by atoms with van der Waals surface area (Å²) in [6, 6.07) is 0. The van der Waals surface area contributed by atoms with Crippen LogP contribution in [-0.2, 0) is 9.59 Å². The molecule has 0 saturated carbocycles. The minimum atomic E-state index is -1.04. The van der Waals surface area contributed by atoms with Gasteiger partial charge in [0.2, 0.25) is 0 Å². The van der Waals surface area contributed by atoms with Crippen molar-refractivity contribution in [3.05, 3.63) is 0 Å². The number of carbonyl (C=O) groups is 2. The Balaban J connectivity index is 5.58. The van der Waals surface area contributed by atoms with Crippen LogP contribution in [0.5, 0.6) is 0 Å². The van der Waals surface area contributed by atoms with Crippen molar-refractivity contribution in [1.82, 2.24) is 0 Å². The molecule has 0 aliphatic rings. The summed E-state index contributed by atoms with van der Waals surface area (Å²) in [6.45, 7) is 10.8. The van der Waals surface area contributed by atoms with Crippen molar-refractivity contribution in [3.63, 3.8) is 0 Å². The first-order valence-corrected chi connectivity index (χ1v) is 5.90. The minimum absolute atomic E-state index is 0.540. The van der Waals surface area contributed by atoms with Crippen molar-refractivity contribution in [2.45, 2.75) is 48.0 Å². The molecule has 0 bridgehead atoms. The summed E-state index contributed by atoms with van der Waals surface area (Å²) in [7, 11) is 0. The average Bonchev–Trinajstić information content (AvgIpc) is 2.10. The number of hydrogen-bond acceptors (Lipinski definition) is 2. The van der Waals surface area contributed by atoms with Gasteiger partial charge >= 0.3 is 11.9 Å². The van der Waals surface area contributed by atoms with Gasteiger partial charge in [-0.25, -0.2) is 0 Å². The van der Waals surface area contributed by atoms with E-state index in [9.17, 15) is 19.8 Å². The van der Waals surface area contributed by atoms with E-state index >= 15 is 0 Å². The molecular weight excluding hydrogens is 220 g/mol. The Kier molecular flexibility index (Phi) is 4.75. The van der Waals surface area contributed by atoms with Crippen molar-refractivity contribution in [2.75, 3.05) is 0 Å². The molecule has 4 heteroatoms. The second kappa shape index (κ2) is 5.07. The SMILES string of the molecule is CCC(C)(C)C(C(=O)O)C(C(=O)O)C(C)(C)C. The molecule has 0 spiro atoms. The van der Waals surface area contributed by atoms with Gasteiger partial charge in [0, 0.05) is 0 Å². The van der Waals surface area contributed by atoms with Gasteiger partial charge in [-0.3, -0.25) is 9.59 Å². The van der Waals surface area contributed by atoms with E-state index in [4.69, 9.17) is 0 Å². The van der Waals surface area contributed by atoms with Crippen LogP contribution < -0.4 is 0 Å². The Morgan fingerprint density at radius 1 is 0.941 bits per heavy atom. The molecule has 4 nitrogen and oxygen atoms in total. The van der Waals surface area contributed by atoms with Crippen LogP contribution in [0.4, 0.5) is 0 Å². The van der Waals surface area contributed by atoms with Gasteiger partial charge in [-0.05, 0) is 10.8 Å². The van der Waals surface area contributed by atoms with E-state index in [2.05, 4.69) is 0 Å². The first kappa shape index (κ1) is 15.9. The molecule has 0 fully saturated rings. The van der Waals surface area contributed by atoms with E-state index in [1.807, 2.05) is 20.8 Å². The van der Waals surface area contributed by atoms with E-state index < -0.39 is 34.6 Å². The van der Waals surface area contributed by atoms with Crippen LogP contribution in [0.2, 0.25) is 0 Å². The van der Waals surface area contributed by atoms with E-state index in [-0.39, 0.29) is 0 Å². The Morgan fingerprint density at radius 2 is 1.29 bits per heavy atom. The summed E-state index contributed by atoms with van der Waals surface area (Å²) in [5, 5.41) is 18.7. The maximum atomic E-state index is 11.4. The highest BCUT2D eigenvalue weighted by molar-refractivity contribution is 5.81. The van der Waals surface area contributed by atoms with Crippen molar-refractivity contribution in [3.8, 4) is 0 Å². The average molecular weight is 244 g/mol. The normalized spacial score (nSPS) is 16.4. The zero-order valence-electron chi connectivity index (χ0n) is 11.6. The van der Waals surface area contributed by atoms with E-state index in [1.165, 1.54) is 0 Å². The van der Waals surface area contributed by atoms with Crippen LogP contribution in [0.3, 0.4) is 0 Å². The summed E-state index contributed by atoms with van der Waals surface area (Å²) < 4.78 is 0. The molecule has 0 aliphatic heterocycles. The van der Waals surface area contributed by atoms with Gasteiger partial charge in [0.25, 0.3) is 0 Å². The molecule has 0 radical (unpaired) electrons. The first-order chi connectivity index (χ1) is 7.45. The van der Waals surface area contributed by atoms with E-state index in [0.717, 1.165) is 0 Å². The third-order valence-corrected chi connectivity index (χ3v) is 3.55.